The summed E-state index contributed by atoms with van der Waals surface area (Å²) in [6.45, 7) is 0. The monoisotopic (exact) mass is 751 g/mol. The molecule has 0 saturated carbocycles. The maximum Gasteiger partial charge on any atom is 0.339 e. The summed E-state index contributed by atoms with van der Waals surface area (Å²) in [5, 5.41) is 20.1. The number of para-hydroxylation sites is 4. The van der Waals surface area contributed by atoms with E-state index in [1.54, 1.807) is 30.3 Å². The largest absolute Gasteiger partial charge is 0.478 e. The second-order valence-electron chi connectivity index (χ2n) is 13.5. The topological polar surface area (TPSA) is 76.8 Å². The minimum absolute atomic E-state index is 0.0304. The van der Waals surface area contributed by atoms with Crippen LogP contribution in [0.5, 0.6) is 11.5 Å². The summed E-state index contributed by atoms with van der Waals surface area (Å²) in [5.41, 5.74) is 9.99. The first-order valence-corrected chi connectivity index (χ1v) is 18.8. The molecule has 0 amide bonds. The van der Waals surface area contributed by atoms with Crippen LogP contribution in [0.15, 0.2) is 212 Å². The molecular weight excluding hydrogens is 715 g/mol. The van der Waals surface area contributed by atoms with Crippen LogP contribution in [-0.2, 0) is 0 Å². The molecule has 58 heavy (non-hydrogen) atoms. The summed E-state index contributed by atoms with van der Waals surface area (Å²) in [5.74, 6) is -0.421. The van der Waals surface area contributed by atoms with E-state index in [0.717, 1.165) is 50.8 Å². The van der Waals surface area contributed by atoms with Crippen molar-refractivity contribution in [2.45, 2.75) is 0 Å². The zero-order valence-electron chi connectivity index (χ0n) is 31.4. The van der Waals surface area contributed by atoms with Gasteiger partial charge in [0.15, 0.2) is 0 Å². The van der Waals surface area contributed by atoms with Gasteiger partial charge in [-0.2, -0.15) is 5.26 Å². The van der Waals surface area contributed by atoms with E-state index in [2.05, 4.69) is 125 Å². The highest BCUT2D eigenvalue weighted by atomic mass is 16.5. The molecule has 0 unspecified atom stereocenters. The number of hydrogen-bond donors (Lipinski definition) is 1. The number of nitriles is 1. The van der Waals surface area contributed by atoms with Crippen molar-refractivity contribution in [3.05, 3.63) is 229 Å². The average molecular weight is 752 g/mol. The standard InChI is InChI=1S/C52H37N3O3/c53-37-42(41-27-34-51(50(36-41)52(56)57)58-49-19-11-4-12-20-49)35-38-21-28-46(29-22-38)55(45-17-9-3-10-18-45)48-32-25-40(26-33-48)39-23-30-47(31-24-39)54(43-13-5-1-6-14-43)44-15-7-2-8-16-44/h1-36H,(H,56,57)/b42-35+. The highest BCUT2D eigenvalue weighted by molar-refractivity contribution is 5.96. The van der Waals surface area contributed by atoms with Gasteiger partial charge in [0.05, 0.1) is 11.6 Å². The lowest BCUT2D eigenvalue weighted by atomic mass is 10.0. The predicted molar refractivity (Wildman–Crippen MR) is 235 cm³/mol. The van der Waals surface area contributed by atoms with Crippen LogP contribution in [0.1, 0.15) is 21.5 Å². The SMILES string of the molecule is N#C/C(=C\c1ccc(N(c2ccccc2)c2ccc(-c3ccc(N(c4ccccc4)c4ccccc4)cc3)cc2)cc1)c1ccc(Oc2ccccc2)c(C(=O)O)c1. The Morgan fingerprint density at radius 2 is 0.897 bits per heavy atom. The summed E-state index contributed by atoms with van der Waals surface area (Å²) in [4.78, 5) is 16.6. The normalized spacial score (nSPS) is 11.0. The maximum atomic E-state index is 12.2. The molecule has 8 aromatic carbocycles. The number of hydrogen-bond acceptors (Lipinski definition) is 5. The van der Waals surface area contributed by atoms with Crippen molar-refractivity contribution in [1.29, 1.82) is 5.26 Å². The van der Waals surface area contributed by atoms with E-state index in [-0.39, 0.29) is 11.3 Å². The number of carboxylic acids is 1. The third-order valence-electron chi connectivity index (χ3n) is 9.70. The molecule has 0 spiro atoms. The molecule has 0 aliphatic rings. The minimum Gasteiger partial charge on any atom is -0.478 e. The molecule has 8 rings (SSSR count). The second kappa shape index (κ2) is 17.1. The number of carbonyl (C=O) groups is 1. The fraction of sp³-hybridized carbons (Fsp3) is 0. The number of allylic oxidation sites excluding steroid dienone is 1. The Bertz CT molecular complexity index is 2660. The molecule has 278 valence electrons. The second-order valence-corrected chi connectivity index (χ2v) is 13.5. The van der Waals surface area contributed by atoms with Crippen molar-refractivity contribution in [2.75, 3.05) is 9.80 Å². The Morgan fingerprint density at radius 1 is 0.500 bits per heavy atom. The summed E-state index contributed by atoms with van der Waals surface area (Å²) >= 11 is 0. The van der Waals surface area contributed by atoms with Crippen LogP contribution in [-0.4, -0.2) is 11.1 Å². The van der Waals surface area contributed by atoms with Crippen LogP contribution >= 0.6 is 0 Å². The van der Waals surface area contributed by atoms with E-state index in [9.17, 15) is 15.2 Å². The highest BCUT2D eigenvalue weighted by Crippen LogP contribution is 2.38. The van der Waals surface area contributed by atoms with Gasteiger partial charge in [-0.05, 0) is 131 Å². The van der Waals surface area contributed by atoms with Gasteiger partial charge < -0.3 is 19.6 Å². The van der Waals surface area contributed by atoms with Crippen molar-refractivity contribution < 1.29 is 14.6 Å². The van der Waals surface area contributed by atoms with Crippen LogP contribution in [0, 0.1) is 11.3 Å². The Kier molecular flexibility index (Phi) is 10.9. The van der Waals surface area contributed by atoms with Gasteiger partial charge in [-0.15, -0.1) is 0 Å². The molecule has 8 aromatic rings. The van der Waals surface area contributed by atoms with Crippen molar-refractivity contribution in [3.63, 3.8) is 0 Å². The molecule has 0 aliphatic heterocycles. The first-order chi connectivity index (χ1) is 28.5. The van der Waals surface area contributed by atoms with E-state index < -0.39 is 5.97 Å². The van der Waals surface area contributed by atoms with Crippen LogP contribution in [0.2, 0.25) is 0 Å². The number of nitrogens with zero attached hydrogens (tertiary/aromatic N) is 3. The van der Waals surface area contributed by atoms with Gasteiger partial charge in [0.1, 0.15) is 17.1 Å². The predicted octanol–water partition coefficient (Wildman–Crippen LogP) is 13.8. The van der Waals surface area contributed by atoms with Gasteiger partial charge in [-0.25, -0.2) is 4.79 Å². The van der Waals surface area contributed by atoms with Crippen LogP contribution in [0.3, 0.4) is 0 Å². The van der Waals surface area contributed by atoms with Crippen molar-refractivity contribution in [2.24, 2.45) is 0 Å². The smallest absolute Gasteiger partial charge is 0.339 e. The summed E-state index contributed by atoms with van der Waals surface area (Å²) in [6, 6.07) is 72.1. The molecule has 0 radical (unpaired) electrons. The number of anilines is 6. The molecule has 0 fully saturated rings. The fourth-order valence-electron chi connectivity index (χ4n) is 6.87. The van der Waals surface area contributed by atoms with Gasteiger partial charge in [0.25, 0.3) is 0 Å². The number of carboxylic acid groups (broad SMARTS) is 1. The van der Waals surface area contributed by atoms with E-state index in [1.807, 2.05) is 72.8 Å². The Labute approximate surface area is 338 Å². The molecule has 6 heteroatoms. The van der Waals surface area contributed by atoms with Gasteiger partial charge in [-0.3, -0.25) is 0 Å². The third kappa shape index (κ3) is 8.25. The van der Waals surface area contributed by atoms with Crippen LogP contribution < -0.4 is 14.5 Å². The first kappa shape index (κ1) is 36.8. The van der Waals surface area contributed by atoms with E-state index in [0.29, 0.717) is 16.9 Å². The van der Waals surface area contributed by atoms with E-state index >= 15 is 0 Å². The fourth-order valence-corrected chi connectivity index (χ4v) is 6.87. The maximum absolute atomic E-state index is 12.2. The minimum atomic E-state index is -1.14. The lowest BCUT2D eigenvalue weighted by Crippen LogP contribution is -2.09. The van der Waals surface area contributed by atoms with Crippen molar-refractivity contribution in [1.82, 2.24) is 0 Å². The molecular formula is C52H37N3O3. The summed E-state index contributed by atoms with van der Waals surface area (Å²) in [6.07, 6.45) is 1.76. The Hall–Kier alpha value is -8.14. The van der Waals surface area contributed by atoms with Crippen LogP contribution in [0.4, 0.5) is 34.1 Å². The zero-order valence-corrected chi connectivity index (χ0v) is 31.4. The molecule has 1 N–H and O–H groups in total. The molecule has 0 bridgehead atoms. The van der Waals surface area contributed by atoms with Gasteiger partial charge in [-0.1, -0.05) is 109 Å². The Morgan fingerprint density at radius 3 is 1.31 bits per heavy atom. The highest BCUT2D eigenvalue weighted by Gasteiger charge is 2.17. The van der Waals surface area contributed by atoms with Crippen LogP contribution in [0.25, 0.3) is 22.8 Å². The number of ether oxygens (including phenoxy) is 1. The van der Waals surface area contributed by atoms with E-state index in [1.165, 1.54) is 6.07 Å². The lowest BCUT2D eigenvalue weighted by Gasteiger charge is -2.26. The average Bonchev–Trinajstić information content (AvgIpc) is 3.28. The van der Waals surface area contributed by atoms with Crippen molar-refractivity contribution >= 4 is 51.7 Å². The summed E-state index contributed by atoms with van der Waals surface area (Å²) in [7, 11) is 0. The summed E-state index contributed by atoms with van der Waals surface area (Å²) < 4.78 is 5.85. The molecule has 0 atom stereocenters. The number of rotatable bonds is 12. The molecule has 0 aromatic heterocycles. The first-order valence-electron chi connectivity index (χ1n) is 18.8. The van der Waals surface area contributed by atoms with Crippen molar-refractivity contribution in [3.8, 4) is 28.7 Å². The quantitative estimate of drug-likeness (QED) is 0.0989. The molecule has 0 saturated heterocycles. The Balaban J connectivity index is 1.05. The molecule has 6 nitrogen and oxygen atoms in total. The van der Waals surface area contributed by atoms with Gasteiger partial charge in [0.2, 0.25) is 0 Å². The number of benzene rings is 8. The molecule has 0 aliphatic carbocycles. The third-order valence-corrected chi connectivity index (χ3v) is 9.70. The van der Waals surface area contributed by atoms with E-state index in [4.69, 9.17) is 4.74 Å². The zero-order chi connectivity index (χ0) is 39.7. The number of aromatic carboxylic acids is 1. The molecule has 0 heterocycles. The van der Waals surface area contributed by atoms with Gasteiger partial charge in [0, 0.05) is 34.1 Å². The lowest BCUT2D eigenvalue weighted by molar-refractivity contribution is 0.0694. The van der Waals surface area contributed by atoms with Gasteiger partial charge >= 0.3 is 5.97 Å².